The Morgan fingerprint density at radius 2 is 1.89 bits per heavy atom. The van der Waals surface area contributed by atoms with Gasteiger partial charge >= 0.3 is 0 Å². The van der Waals surface area contributed by atoms with Crippen molar-refractivity contribution in [3.8, 4) is 11.5 Å². The van der Waals surface area contributed by atoms with Gasteiger partial charge in [0.15, 0.2) is 11.5 Å². The number of amides is 1. The number of aryl methyl sites for hydroxylation is 1. The molecule has 0 aliphatic carbocycles. The van der Waals surface area contributed by atoms with E-state index in [0.29, 0.717) is 37.8 Å². The number of fused-ring (bicyclic) bond motifs is 1. The Bertz CT molecular complexity index is 995. The van der Waals surface area contributed by atoms with Gasteiger partial charge in [0, 0.05) is 32.9 Å². The Hall–Kier alpha value is -2.56. The highest BCUT2D eigenvalue weighted by Gasteiger charge is 2.28. The lowest BCUT2D eigenvalue weighted by Crippen LogP contribution is -2.40. The molecule has 0 spiro atoms. The lowest BCUT2D eigenvalue weighted by atomic mass is 10.2. The van der Waals surface area contributed by atoms with Crippen molar-refractivity contribution in [1.29, 1.82) is 0 Å². The van der Waals surface area contributed by atoms with Crippen LogP contribution in [0.2, 0.25) is 0 Å². The van der Waals surface area contributed by atoms with Crippen LogP contribution in [0.4, 0.5) is 0 Å². The lowest BCUT2D eigenvalue weighted by Gasteiger charge is -2.25. The zero-order chi connectivity index (χ0) is 19.7. The number of hydrogen-bond donors (Lipinski definition) is 1. The van der Waals surface area contributed by atoms with E-state index in [1.807, 2.05) is 12.1 Å². The van der Waals surface area contributed by atoms with E-state index in [9.17, 15) is 13.2 Å². The normalized spacial score (nSPS) is 16.9. The van der Waals surface area contributed by atoms with Crippen molar-refractivity contribution in [1.82, 2.24) is 14.2 Å². The van der Waals surface area contributed by atoms with Crippen LogP contribution in [0.1, 0.15) is 16.1 Å². The Balaban J connectivity index is 1.46. The third-order valence-corrected chi connectivity index (χ3v) is 6.57. The van der Waals surface area contributed by atoms with Crippen LogP contribution in [0, 0.1) is 0 Å². The highest BCUT2D eigenvalue weighted by Crippen LogP contribution is 2.32. The Kier molecular flexibility index (Phi) is 5.00. The summed E-state index contributed by atoms with van der Waals surface area (Å²) in [5, 5.41) is 2.81. The van der Waals surface area contributed by atoms with E-state index >= 15 is 0 Å². The lowest BCUT2D eigenvalue weighted by molar-refractivity contribution is 0.0730. The first-order chi connectivity index (χ1) is 13.4. The number of hydrogen-bond acceptors (Lipinski definition) is 6. The second-order valence-electron chi connectivity index (χ2n) is 6.56. The van der Waals surface area contributed by atoms with Gasteiger partial charge in [-0.25, -0.2) is 8.42 Å². The molecule has 4 rings (SSSR count). The van der Waals surface area contributed by atoms with Crippen molar-refractivity contribution in [2.45, 2.75) is 11.4 Å². The minimum atomic E-state index is -3.65. The van der Waals surface area contributed by atoms with Crippen molar-refractivity contribution in [2.24, 2.45) is 7.05 Å². The molecule has 0 unspecified atom stereocenters. The summed E-state index contributed by atoms with van der Waals surface area (Å²) in [6.45, 7) is 1.83. The van der Waals surface area contributed by atoms with E-state index in [2.05, 4.69) is 5.32 Å². The maximum Gasteiger partial charge on any atom is 0.268 e. The molecular formula is C18H21N3O6S. The van der Waals surface area contributed by atoms with Crippen molar-refractivity contribution >= 4 is 15.9 Å². The van der Waals surface area contributed by atoms with E-state index in [4.69, 9.17) is 14.2 Å². The second kappa shape index (κ2) is 7.46. The number of nitrogens with one attached hydrogen (secondary N) is 1. The molecule has 9 nitrogen and oxygen atoms in total. The summed E-state index contributed by atoms with van der Waals surface area (Å²) in [6.07, 6.45) is 1.46. The molecule has 2 aliphatic rings. The molecule has 1 amide bonds. The van der Waals surface area contributed by atoms with Crippen molar-refractivity contribution in [2.75, 3.05) is 33.1 Å². The summed E-state index contributed by atoms with van der Waals surface area (Å²) < 4.78 is 44.2. The fourth-order valence-electron chi connectivity index (χ4n) is 3.16. The number of ether oxygens (including phenoxy) is 3. The van der Waals surface area contributed by atoms with Gasteiger partial charge in [-0.3, -0.25) is 4.79 Å². The summed E-state index contributed by atoms with van der Waals surface area (Å²) in [5.41, 5.74) is 1.13. The Labute approximate surface area is 162 Å². The molecule has 1 fully saturated rings. The van der Waals surface area contributed by atoms with Crippen molar-refractivity contribution in [3.63, 3.8) is 0 Å². The van der Waals surface area contributed by atoms with Crippen LogP contribution in [0.25, 0.3) is 0 Å². The number of aromatic nitrogens is 1. The monoisotopic (exact) mass is 407 g/mol. The zero-order valence-corrected chi connectivity index (χ0v) is 16.2. The average molecular weight is 407 g/mol. The van der Waals surface area contributed by atoms with Crippen molar-refractivity contribution < 1.29 is 27.4 Å². The SMILES string of the molecule is Cn1cc(S(=O)(=O)N2CCOCC2)cc1C(=O)NCc1ccc2c(c1)OCO2. The fourth-order valence-corrected chi connectivity index (χ4v) is 4.64. The van der Waals surface area contributed by atoms with Crippen LogP contribution >= 0.6 is 0 Å². The molecule has 0 radical (unpaired) electrons. The highest BCUT2D eigenvalue weighted by molar-refractivity contribution is 7.89. The van der Waals surface area contributed by atoms with Crippen LogP contribution in [0.15, 0.2) is 35.4 Å². The number of nitrogens with zero attached hydrogens (tertiary/aromatic N) is 2. The van der Waals surface area contributed by atoms with Crippen LogP contribution in [0.5, 0.6) is 11.5 Å². The van der Waals surface area contributed by atoms with E-state index in [1.165, 1.54) is 21.1 Å². The molecular weight excluding hydrogens is 386 g/mol. The van der Waals surface area contributed by atoms with Crippen LogP contribution in [-0.4, -0.2) is 56.3 Å². The van der Waals surface area contributed by atoms with E-state index in [1.54, 1.807) is 13.1 Å². The molecule has 0 saturated carbocycles. The van der Waals surface area contributed by atoms with Gasteiger partial charge in [-0.15, -0.1) is 0 Å². The van der Waals surface area contributed by atoms with Crippen molar-refractivity contribution in [3.05, 3.63) is 41.7 Å². The van der Waals surface area contributed by atoms with Crippen LogP contribution in [0.3, 0.4) is 0 Å². The topological polar surface area (TPSA) is 99.1 Å². The molecule has 10 heteroatoms. The van der Waals surface area contributed by atoms with E-state index in [-0.39, 0.29) is 29.8 Å². The van der Waals surface area contributed by atoms with Gasteiger partial charge in [-0.1, -0.05) is 6.07 Å². The molecule has 0 bridgehead atoms. The molecule has 1 saturated heterocycles. The van der Waals surface area contributed by atoms with Crippen LogP contribution < -0.4 is 14.8 Å². The summed E-state index contributed by atoms with van der Waals surface area (Å²) in [5.74, 6) is 0.962. The number of carbonyl (C=O) groups is 1. The van der Waals surface area contributed by atoms with Crippen LogP contribution in [-0.2, 0) is 28.4 Å². The molecule has 2 aliphatic heterocycles. The van der Waals surface area contributed by atoms with E-state index in [0.717, 1.165) is 5.56 Å². The molecule has 1 aromatic carbocycles. The first-order valence-electron chi connectivity index (χ1n) is 8.86. The molecule has 2 aromatic rings. The van der Waals surface area contributed by atoms with Gasteiger partial charge in [-0.05, 0) is 23.8 Å². The maximum atomic E-state index is 12.8. The summed E-state index contributed by atoms with van der Waals surface area (Å²) in [6, 6.07) is 6.84. The van der Waals surface area contributed by atoms with Gasteiger partial charge in [0.1, 0.15) is 10.6 Å². The first-order valence-corrected chi connectivity index (χ1v) is 10.3. The van der Waals surface area contributed by atoms with Gasteiger partial charge in [0.05, 0.1) is 13.2 Å². The molecule has 3 heterocycles. The fraction of sp³-hybridized carbons (Fsp3) is 0.389. The zero-order valence-electron chi connectivity index (χ0n) is 15.4. The summed E-state index contributed by atoms with van der Waals surface area (Å²) >= 11 is 0. The third-order valence-electron chi connectivity index (χ3n) is 4.71. The molecule has 1 N–H and O–H groups in total. The quantitative estimate of drug-likeness (QED) is 0.784. The van der Waals surface area contributed by atoms with E-state index < -0.39 is 10.0 Å². The number of benzene rings is 1. The number of rotatable bonds is 5. The summed E-state index contributed by atoms with van der Waals surface area (Å²) in [4.78, 5) is 12.7. The maximum absolute atomic E-state index is 12.8. The standard InChI is InChI=1S/C18H21N3O6S/c1-20-11-14(28(23,24)21-4-6-25-7-5-21)9-15(20)18(22)19-10-13-2-3-16-17(8-13)27-12-26-16/h2-3,8-9,11H,4-7,10,12H2,1H3,(H,19,22). The molecule has 28 heavy (non-hydrogen) atoms. The largest absolute Gasteiger partial charge is 0.454 e. The number of sulfonamides is 1. The molecule has 0 atom stereocenters. The number of morpholine rings is 1. The van der Waals surface area contributed by atoms with Gasteiger partial charge in [0.2, 0.25) is 16.8 Å². The predicted octanol–water partition coefficient (Wildman–Crippen LogP) is 0.705. The Morgan fingerprint density at radius 3 is 2.68 bits per heavy atom. The summed E-state index contributed by atoms with van der Waals surface area (Å²) in [7, 11) is -2.00. The molecule has 1 aromatic heterocycles. The molecule has 150 valence electrons. The number of carbonyl (C=O) groups excluding carboxylic acids is 1. The minimum absolute atomic E-state index is 0.102. The average Bonchev–Trinajstić information content (AvgIpc) is 3.33. The highest BCUT2D eigenvalue weighted by atomic mass is 32.2. The van der Waals surface area contributed by atoms with Gasteiger partial charge in [0.25, 0.3) is 5.91 Å². The predicted molar refractivity (Wildman–Crippen MR) is 98.7 cm³/mol. The smallest absolute Gasteiger partial charge is 0.268 e. The first kappa shape index (κ1) is 18.8. The minimum Gasteiger partial charge on any atom is -0.454 e. The second-order valence-corrected chi connectivity index (χ2v) is 8.50. The third kappa shape index (κ3) is 3.58. The van der Waals surface area contributed by atoms with Gasteiger partial charge < -0.3 is 24.1 Å². The Morgan fingerprint density at radius 1 is 1.14 bits per heavy atom. The van der Waals surface area contributed by atoms with Gasteiger partial charge in [-0.2, -0.15) is 4.31 Å².